The Morgan fingerprint density at radius 2 is 2.00 bits per heavy atom. The lowest BCUT2D eigenvalue weighted by Gasteiger charge is -2.09. The summed E-state index contributed by atoms with van der Waals surface area (Å²) in [6.07, 6.45) is 0. The van der Waals surface area contributed by atoms with E-state index in [0.29, 0.717) is 5.02 Å². The molecule has 0 spiro atoms. The molecule has 0 saturated carbocycles. The van der Waals surface area contributed by atoms with E-state index >= 15 is 0 Å². The van der Waals surface area contributed by atoms with Gasteiger partial charge in [-0.05, 0) is 36.8 Å². The van der Waals surface area contributed by atoms with E-state index in [1.165, 1.54) is 0 Å². The summed E-state index contributed by atoms with van der Waals surface area (Å²) in [6, 6.07) is 13.5. The standard InChI is InChI=1S/C14H13ClN4/c1-9(16)10-6-7-13(11(15)8-10)19-14-5-3-2-4-12(14)17-18-19/h2-9H,16H2,1H3. The van der Waals surface area contributed by atoms with Gasteiger partial charge in [0.1, 0.15) is 5.52 Å². The van der Waals surface area contributed by atoms with Gasteiger partial charge >= 0.3 is 0 Å². The van der Waals surface area contributed by atoms with Crippen LogP contribution in [0.2, 0.25) is 5.02 Å². The lowest BCUT2D eigenvalue weighted by atomic mass is 10.1. The predicted octanol–water partition coefficient (Wildman–Crippen LogP) is 3.09. The van der Waals surface area contributed by atoms with Crippen LogP contribution in [0.4, 0.5) is 0 Å². The first-order valence-electron chi connectivity index (χ1n) is 6.02. The molecule has 19 heavy (non-hydrogen) atoms. The fourth-order valence-electron chi connectivity index (χ4n) is 2.03. The molecule has 3 aromatic rings. The summed E-state index contributed by atoms with van der Waals surface area (Å²) in [4.78, 5) is 0. The molecule has 96 valence electrons. The summed E-state index contributed by atoms with van der Waals surface area (Å²) < 4.78 is 1.74. The second-order valence-electron chi connectivity index (χ2n) is 4.49. The van der Waals surface area contributed by atoms with Gasteiger partial charge in [-0.1, -0.05) is 35.0 Å². The minimum atomic E-state index is -0.0426. The molecule has 0 amide bonds. The average Bonchev–Trinajstić information content (AvgIpc) is 2.82. The Morgan fingerprint density at radius 1 is 1.21 bits per heavy atom. The summed E-state index contributed by atoms with van der Waals surface area (Å²) >= 11 is 6.32. The van der Waals surface area contributed by atoms with Crippen molar-refractivity contribution in [3.63, 3.8) is 0 Å². The molecule has 0 fully saturated rings. The van der Waals surface area contributed by atoms with Crippen LogP contribution in [0.1, 0.15) is 18.5 Å². The largest absolute Gasteiger partial charge is 0.324 e. The van der Waals surface area contributed by atoms with Gasteiger partial charge in [0.2, 0.25) is 0 Å². The van der Waals surface area contributed by atoms with Crippen molar-refractivity contribution in [2.75, 3.05) is 0 Å². The van der Waals surface area contributed by atoms with Crippen LogP contribution in [-0.4, -0.2) is 15.0 Å². The fraction of sp³-hybridized carbons (Fsp3) is 0.143. The molecule has 1 aromatic heterocycles. The topological polar surface area (TPSA) is 56.7 Å². The normalized spacial score (nSPS) is 12.8. The van der Waals surface area contributed by atoms with E-state index in [2.05, 4.69) is 10.3 Å². The number of hydrogen-bond donors (Lipinski definition) is 1. The first-order chi connectivity index (χ1) is 9.16. The molecule has 0 aliphatic heterocycles. The number of para-hydroxylation sites is 1. The Kier molecular flexibility index (Phi) is 2.97. The van der Waals surface area contributed by atoms with Crippen LogP contribution in [0.5, 0.6) is 0 Å². The van der Waals surface area contributed by atoms with E-state index in [1.54, 1.807) is 4.68 Å². The number of nitrogens with two attached hydrogens (primary N) is 1. The molecule has 3 rings (SSSR count). The van der Waals surface area contributed by atoms with Crippen LogP contribution in [0.25, 0.3) is 16.7 Å². The SMILES string of the molecule is CC(N)c1ccc(-n2nnc3ccccc32)c(Cl)c1. The average molecular weight is 273 g/mol. The summed E-state index contributed by atoms with van der Waals surface area (Å²) in [7, 11) is 0. The zero-order chi connectivity index (χ0) is 13.4. The maximum absolute atomic E-state index is 6.32. The maximum Gasteiger partial charge on any atom is 0.113 e. The molecule has 0 aliphatic carbocycles. The van der Waals surface area contributed by atoms with Crippen molar-refractivity contribution in [3.8, 4) is 5.69 Å². The van der Waals surface area contributed by atoms with Crippen molar-refractivity contribution >= 4 is 22.6 Å². The lowest BCUT2D eigenvalue weighted by molar-refractivity contribution is 0.806. The van der Waals surface area contributed by atoms with Gasteiger partial charge in [0.25, 0.3) is 0 Å². The van der Waals surface area contributed by atoms with E-state index in [1.807, 2.05) is 49.4 Å². The van der Waals surface area contributed by atoms with Crippen LogP contribution >= 0.6 is 11.6 Å². The van der Waals surface area contributed by atoms with E-state index in [0.717, 1.165) is 22.3 Å². The predicted molar refractivity (Wildman–Crippen MR) is 76.5 cm³/mol. The van der Waals surface area contributed by atoms with Crippen LogP contribution in [-0.2, 0) is 0 Å². The monoisotopic (exact) mass is 272 g/mol. The molecule has 0 saturated heterocycles. The molecule has 2 aromatic carbocycles. The third kappa shape index (κ3) is 2.09. The van der Waals surface area contributed by atoms with Gasteiger partial charge in [0.15, 0.2) is 0 Å². The molecule has 1 heterocycles. The summed E-state index contributed by atoms with van der Waals surface area (Å²) in [5.74, 6) is 0. The van der Waals surface area contributed by atoms with E-state index in [9.17, 15) is 0 Å². The van der Waals surface area contributed by atoms with Gasteiger partial charge < -0.3 is 5.73 Å². The number of aromatic nitrogens is 3. The highest BCUT2D eigenvalue weighted by molar-refractivity contribution is 6.32. The van der Waals surface area contributed by atoms with Crippen LogP contribution in [0.15, 0.2) is 42.5 Å². The summed E-state index contributed by atoms with van der Waals surface area (Å²) in [5, 5.41) is 8.89. The summed E-state index contributed by atoms with van der Waals surface area (Å²) in [6.45, 7) is 1.93. The second-order valence-corrected chi connectivity index (χ2v) is 4.90. The molecule has 2 N–H and O–H groups in total. The molecule has 1 atom stereocenters. The smallest absolute Gasteiger partial charge is 0.113 e. The zero-order valence-corrected chi connectivity index (χ0v) is 11.2. The number of rotatable bonds is 2. The van der Waals surface area contributed by atoms with E-state index in [4.69, 9.17) is 17.3 Å². The second kappa shape index (κ2) is 4.64. The Hall–Kier alpha value is -1.91. The van der Waals surface area contributed by atoms with E-state index < -0.39 is 0 Å². The molecule has 5 heteroatoms. The summed E-state index contributed by atoms with van der Waals surface area (Å²) in [5.41, 5.74) is 9.42. The van der Waals surface area contributed by atoms with Gasteiger partial charge in [0, 0.05) is 6.04 Å². The highest BCUT2D eigenvalue weighted by atomic mass is 35.5. The van der Waals surface area contributed by atoms with Crippen molar-refractivity contribution in [2.45, 2.75) is 13.0 Å². The Bertz CT molecular complexity index is 733. The number of hydrogen-bond acceptors (Lipinski definition) is 3. The molecule has 0 bridgehead atoms. The van der Waals surface area contributed by atoms with Crippen molar-refractivity contribution in [1.29, 1.82) is 0 Å². The van der Waals surface area contributed by atoms with Gasteiger partial charge in [-0.15, -0.1) is 5.10 Å². The van der Waals surface area contributed by atoms with Gasteiger partial charge in [-0.3, -0.25) is 0 Å². The van der Waals surface area contributed by atoms with Crippen molar-refractivity contribution in [1.82, 2.24) is 15.0 Å². The maximum atomic E-state index is 6.32. The van der Waals surface area contributed by atoms with Gasteiger partial charge in [0.05, 0.1) is 16.2 Å². The van der Waals surface area contributed by atoms with Crippen LogP contribution in [0, 0.1) is 0 Å². The lowest BCUT2D eigenvalue weighted by Crippen LogP contribution is -2.06. The van der Waals surface area contributed by atoms with Crippen molar-refractivity contribution < 1.29 is 0 Å². The number of halogens is 1. The highest BCUT2D eigenvalue weighted by Gasteiger charge is 2.10. The minimum Gasteiger partial charge on any atom is -0.324 e. The Labute approximate surface area is 115 Å². The van der Waals surface area contributed by atoms with Crippen molar-refractivity contribution in [2.24, 2.45) is 5.73 Å². The van der Waals surface area contributed by atoms with Crippen molar-refractivity contribution in [3.05, 3.63) is 53.1 Å². The van der Waals surface area contributed by atoms with Crippen LogP contribution < -0.4 is 5.73 Å². The quantitative estimate of drug-likeness (QED) is 0.780. The highest BCUT2D eigenvalue weighted by Crippen LogP contribution is 2.26. The number of nitrogens with zero attached hydrogens (tertiary/aromatic N) is 3. The molecule has 4 nitrogen and oxygen atoms in total. The molecule has 0 radical (unpaired) electrons. The fourth-order valence-corrected chi connectivity index (χ4v) is 2.29. The molecule has 0 aliphatic rings. The van der Waals surface area contributed by atoms with Gasteiger partial charge in [-0.2, -0.15) is 0 Å². The third-order valence-electron chi connectivity index (χ3n) is 3.08. The first-order valence-corrected chi connectivity index (χ1v) is 6.40. The number of fused-ring (bicyclic) bond motifs is 1. The number of benzene rings is 2. The molecular weight excluding hydrogens is 260 g/mol. The zero-order valence-electron chi connectivity index (χ0n) is 10.4. The van der Waals surface area contributed by atoms with Gasteiger partial charge in [-0.25, -0.2) is 4.68 Å². The minimum absolute atomic E-state index is 0.0426. The van der Waals surface area contributed by atoms with Crippen LogP contribution in [0.3, 0.4) is 0 Å². The third-order valence-corrected chi connectivity index (χ3v) is 3.38. The first kappa shape index (κ1) is 12.1. The molecule has 1 unspecified atom stereocenters. The Balaban J connectivity index is 2.17. The van der Waals surface area contributed by atoms with E-state index in [-0.39, 0.29) is 6.04 Å². The Morgan fingerprint density at radius 3 is 2.74 bits per heavy atom. The molecular formula is C14H13ClN4.